The topological polar surface area (TPSA) is 69.6 Å². The second-order valence-corrected chi connectivity index (χ2v) is 8.41. The van der Waals surface area contributed by atoms with E-state index < -0.39 is 58.7 Å². The maximum atomic E-state index is 15.2. The van der Waals surface area contributed by atoms with Crippen molar-refractivity contribution in [3.05, 3.63) is 64.7 Å². The van der Waals surface area contributed by atoms with Gasteiger partial charge in [-0.3, -0.25) is 9.59 Å². The zero-order chi connectivity index (χ0) is 23.2. The predicted octanol–water partition coefficient (Wildman–Crippen LogP) is 4.13. The van der Waals surface area contributed by atoms with Crippen molar-refractivity contribution < 1.29 is 32.3 Å². The molecular formula is C23H22F4N2O3. The lowest BCUT2D eigenvalue weighted by molar-refractivity contribution is -0.165. The number of anilines is 1. The number of aliphatic hydroxyl groups is 1. The molecule has 0 aromatic heterocycles. The number of nitrogens with one attached hydrogen (secondary N) is 1. The molecule has 2 aliphatic rings. The number of benzene rings is 2. The fraction of sp³-hybridized carbons (Fsp3) is 0.391. The van der Waals surface area contributed by atoms with Gasteiger partial charge in [-0.25, -0.2) is 8.78 Å². The molecule has 2 aliphatic heterocycles. The van der Waals surface area contributed by atoms with E-state index in [0.29, 0.717) is 18.9 Å². The van der Waals surface area contributed by atoms with Crippen molar-refractivity contribution >= 4 is 17.5 Å². The molecule has 2 amide bonds. The minimum atomic E-state index is -3.97. The maximum Gasteiger partial charge on any atom is 0.350 e. The number of nitrogens with zero attached hydrogens (tertiary/aromatic N) is 1. The van der Waals surface area contributed by atoms with Gasteiger partial charge in [-0.15, -0.1) is 0 Å². The number of aryl methyl sites for hydroxylation is 1. The summed E-state index contributed by atoms with van der Waals surface area (Å²) in [6, 6.07) is 4.95. The highest BCUT2D eigenvalue weighted by molar-refractivity contribution is 6.04. The van der Waals surface area contributed by atoms with E-state index in [2.05, 4.69) is 5.32 Å². The third-order valence-electron chi connectivity index (χ3n) is 6.20. The first-order chi connectivity index (χ1) is 15.1. The molecule has 2 fully saturated rings. The number of carbonyl (C=O) groups excluding carboxylic acids is 2. The van der Waals surface area contributed by atoms with E-state index in [9.17, 15) is 23.5 Å². The van der Waals surface area contributed by atoms with Gasteiger partial charge in [0.25, 0.3) is 11.8 Å². The molecule has 2 heterocycles. The summed E-state index contributed by atoms with van der Waals surface area (Å²) in [5.74, 6) is -7.91. The highest BCUT2D eigenvalue weighted by atomic mass is 19.3. The zero-order valence-corrected chi connectivity index (χ0v) is 17.2. The number of hydrogen-bond donors (Lipinski definition) is 2. The summed E-state index contributed by atoms with van der Waals surface area (Å²) >= 11 is 0. The number of halogens is 4. The molecule has 0 radical (unpaired) electrons. The molecule has 1 unspecified atom stereocenters. The van der Waals surface area contributed by atoms with E-state index in [1.54, 1.807) is 0 Å². The van der Waals surface area contributed by atoms with Crippen molar-refractivity contribution in [1.82, 2.24) is 4.90 Å². The van der Waals surface area contributed by atoms with Crippen molar-refractivity contribution in [3.63, 3.8) is 0 Å². The molecule has 170 valence electrons. The molecule has 0 aliphatic carbocycles. The number of amides is 2. The fourth-order valence-electron chi connectivity index (χ4n) is 4.58. The van der Waals surface area contributed by atoms with Crippen LogP contribution in [0.15, 0.2) is 36.4 Å². The van der Waals surface area contributed by atoms with Crippen molar-refractivity contribution in [2.45, 2.75) is 56.7 Å². The van der Waals surface area contributed by atoms with Crippen LogP contribution < -0.4 is 5.32 Å². The van der Waals surface area contributed by atoms with E-state index in [0.717, 1.165) is 23.1 Å². The minimum Gasteiger partial charge on any atom is -0.393 e. The van der Waals surface area contributed by atoms with E-state index >= 15 is 8.78 Å². The van der Waals surface area contributed by atoms with Crippen molar-refractivity contribution in [2.24, 2.45) is 0 Å². The molecule has 2 aromatic rings. The van der Waals surface area contributed by atoms with Crippen LogP contribution in [0, 0.1) is 18.6 Å². The average molecular weight is 450 g/mol. The first-order valence-electron chi connectivity index (χ1n) is 10.3. The molecule has 2 aromatic carbocycles. The van der Waals surface area contributed by atoms with Gasteiger partial charge in [-0.2, -0.15) is 8.78 Å². The Balaban J connectivity index is 1.59. The SMILES string of the molecule is Cc1cc(NC(=O)c2cc(C(F)(F)C(=O)N3[C@@H]4CC[C@H]3CC(O)C4)ccc2F)ccc1F. The van der Waals surface area contributed by atoms with E-state index in [1.807, 2.05) is 0 Å². The Morgan fingerprint density at radius 1 is 1.03 bits per heavy atom. The number of rotatable bonds is 4. The summed E-state index contributed by atoms with van der Waals surface area (Å²) in [5, 5.41) is 12.2. The van der Waals surface area contributed by atoms with Crippen molar-refractivity contribution in [1.29, 1.82) is 0 Å². The number of carbonyl (C=O) groups is 2. The monoisotopic (exact) mass is 450 g/mol. The molecule has 2 saturated heterocycles. The normalized spacial score (nSPS) is 22.7. The average Bonchev–Trinajstić information content (AvgIpc) is 3.00. The summed E-state index contributed by atoms with van der Waals surface area (Å²) < 4.78 is 58.0. The van der Waals surface area contributed by atoms with Crippen molar-refractivity contribution in [2.75, 3.05) is 5.32 Å². The Kier molecular flexibility index (Phi) is 5.70. The molecular weight excluding hydrogens is 428 g/mol. The Morgan fingerprint density at radius 2 is 1.66 bits per heavy atom. The molecule has 3 atom stereocenters. The standard InChI is InChI=1S/C23H22F4N2O3/c1-12-8-14(3-7-19(12)24)28-21(31)18-9-13(2-6-20(18)25)23(26,27)22(32)29-15-4-5-16(29)11-17(30)10-15/h2-3,6-9,15-17,30H,4-5,10-11H2,1H3,(H,28,31)/t15-,16+,17?. The van der Waals surface area contributed by atoms with Gasteiger partial charge in [0.05, 0.1) is 11.7 Å². The van der Waals surface area contributed by atoms with Gasteiger partial charge in [-0.1, -0.05) is 0 Å². The van der Waals surface area contributed by atoms with E-state index in [1.165, 1.54) is 19.1 Å². The fourth-order valence-corrected chi connectivity index (χ4v) is 4.58. The number of fused-ring (bicyclic) bond motifs is 2. The molecule has 32 heavy (non-hydrogen) atoms. The Bertz CT molecular complexity index is 1060. The zero-order valence-electron chi connectivity index (χ0n) is 17.2. The molecule has 5 nitrogen and oxygen atoms in total. The van der Waals surface area contributed by atoms with Crippen LogP contribution in [0.1, 0.15) is 47.2 Å². The molecule has 0 spiro atoms. The Morgan fingerprint density at radius 3 is 2.28 bits per heavy atom. The minimum absolute atomic E-state index is 0.171. The van der Waals surface area contributed by atoms with E-state index in [4.69, 9.17) is 0 Å². The number of alkyl halides is 2. The summed E-state index contributed by atoms with van der Waals surface area (Å²) in [5.41, 5.74) is -1.04. The quantitative estimate of drug-likeness (QED) is 0.689. The van der Waals surface area contributed by atoms with Crippen molar-refractivity contribution in [3.8, 4) is 0 Å². The van der Waals surface area contributed by atoms with E-state index in [-0.39, 0.29) is 24.1 Å². The number of piperidine rings is 1. The highest BCUT2D eigenvalue weighted by Gasteiger charge is 2.52. The van der Waals surface area contributed by atoms with Gasteiger partial charge >= 0.3 is 5.92 Å². The lowest BCUT2D eigenvalue weighted by Gasteiger charge is -2.38. The van der Waals surface area contributed by atoms with Crippen LogP contribution >= 0.6 is 0 Å². The van der Waals surface area contributed by atoms with Gasteiger partial charge in [0.2, 0.25) is 0 Å². The summed E-state index contributed by atoms with van der Waals surface area (Å²) in [4.78, 5) is 26.4. The first kappa shape index (κ1) is 22.3. The lowest BCUT2D eigenvalue weighted by Crippen LogP contribution is -2.52. The second-order valence-electron chi connectivity index (χ2n) is 8.41. The second kappa shape index (κ2) is 8.20. The molecule has 0 saturated carbocycles. The summed E-state index contributed by atoms with van der Waals surface area (Å²) in [6.45, 7) is 1.48. The van der Waals surface area contributed by atoms with Gasteiger partial charge in [0, 0.05) is 23.3 Å². The van der Waals surface area contributed by atoms with Crippen LogP contribution in [0.25, 0.3) is 0 Å². The van der Waals surface area contributed by atoms with Crippen LogP contribution in [-0.4, -0.2) is 40.0 Å². The van der Waals surface area contributed by atoms with Crippen LogP contribution in [0.5, 0.6) is 0 Å². The predicted molar refractivity (Wildman–Crippen MR) is 108 cm³/mol. The molecule has 2 N–H and O–H groups in total. The highest BCUT2D eigenvalue weighted by Crippen LogP contribution is 2.41. The van der Waals surface area contributed by atoms with Crippen LogP contribution in [0.3, 0.4) is 0 Å². The Hall–Kier alpha value is -2.94. The number of aliphatic hydroxyl groups excluding tert-OH is 1. The summed E-state index contributed by atoms with van der Waals surface area (Å²) in [6.07, 6.45) is 0.940. The van der Waals surface area contributed by atoms with Gasteiger partial charge in [0.1, 0.15) is 11.6 Å². The van der Waals surface area contributed by atoms with Gasteiger partial charge in [0.15, 0.2) is 0 Å². The smallest absolute Gasteiger partial charge is 0.350 e. The van der Waals surface area contributed by atoms with Crippen LogP contribution in [0.2, 0.25) is 0 Å². The van der Waals surface area contributed by atoms with Crippen LogP contribution in [-0.2, 0) is 10.7 Å². The molecule has 2 bridgehead atoms. The third-order valence-corrected chi connectivity index (χ3v) is 6.20. The molecule has 4 rings (SSSR count). The Labute approximate surface area is 182 Å². The first-order valence-corrected chi connectivity index (χ1v) is 10.3. The van der Waals surface area contributed by atoms with Gasteiger partial charge in [-0.05, 0) is 74.6 Å². The maximum absolute atomic E-state index is 15.2. The largest absolute Gasteiger partial charge is 0.393 e. The number of hydrogen-bond acceptors (Lipinski definition) is 3. The molecule has 9 heteroatoms. The lowest BCUT2D eigenvalue weighted by atomic mass is 9.97. The van der Waals surface area contributed by atoms with Gasteiger partial charge < -0.3 is 15.3 Å². The third kappa shape index (κ3) is 3.97. The van der Waals surface area contributed by atoms with Crippen LogP contribution in [0.4, 0.5) is 23.2 Å². The summed E-state index contributed by atoms with van der Waals surface area (Å²) in [7, 11) is 0.